The number of fused-ring (bicyclic) bond motifs is 1. The van der Waals surface area contributed by atoms with Crippen molar-refractivity contribution < 1.29 is 4.79 Å². The highest BCUT2D eigenvalue weighted by molar-refractivity contribution is 8.00. The predicted molar refractivity (Wildman–Crippen MR) is 93.7 cm³/mol. The molecular weight excluding hydrogens is 324 g/mol. The Labute approximate surface area is 137 Å². The van der Waals surface area contributed by atoms with Gasteiger partial charge in [-0.3, -0.25) is 4.79 Å². The summed E-state index contributed by atoms with van der Waals surface area (Å²) in [6.07, 6.45) is 1.09. The number of hydrogen-bond donors (Lipinski definition) is 1. The molecule has 21 heavy (non-hydrogen) atoms. The lowest BCUT2D eigenvalue weighted by Gasteiger charge is -2.31. The van der Waals surface area contributed by atoms with Crippen LogP contribution in [0.4, 0.5) is 5.69 Å². The van der Waals surface area contributed by atoms with Gasteiger partial charge in [0.1, 0.15) is 4.88 Å². The SMILES string of the molecule is CCC1CN(C(=O)c2sc3ccc(Cl)cc3c2N)CCS1. The molecule has 1 aromatic carbocycles. The highest BCUT2D eigenvalue weighted by Crippen LogP contribution is 2.36. The molecule has 2 aromatic rings. The molecule has 1 aliphatic rings. The van der Waals surface area contributed by atoms with E-state index in [0.29, 0.717) is 20.8 Å². The van der Waals surface area contributed by atoms with Crippen molar-refractivity contribution in [3.05, 3.63) is 28.1 Å². The van der Waals surface area contributed by atoms with E-state index in [0.717, 1.165) is 35.3 Å². The highest BCUT2D eigenvalue weighted by atomic mass is 35.5. The summed E-state index contributed by atoms with van der Waals surface area (Å²) in [5, 5.41) is 2.06. The number of nitrogens with zero attached hydrogens (tertiary/aromatic N) is 1. The van der Waals surface area contributed by atoms with Crippen molar-refractivity contribution in [2.75, 3.05) is 24.6 Å². The van der Waals surface area contributed by atoms with E-state index in [1.807, 2.05) is 34.9 Å². The number of carbonyl (C=O) groups is 1. The van der Waals surface area contributed by atoms with Crippen LogP contribution in [0.2, 0.25) is 5.02 Å². The first-order valence-electron chi connectivity index (χ1n) is 6.98. The van der Waals surface area contributed by atoms with Crippen LogP contribution in [-0.2, 0) is 0 Å². The Morgan fingerprint density at radius 1 is 1.52 bits per heavy atom. The third-order valence-corrected chi connectivity index (χ3v) is 6.55. The summed E-state index contributed by atoms with van der Waals surface area (Å²) in [7, 11) is 0. The average Bonchev–Trinajstić information content (AvgIpc) is 2.83. The summed E-state index contributed by atoms with van der Waals surface area (Å²) in [6.45, 7) is 3.78. The Morgan fingerprint density at radius 3 is 3.10 bits per heavy atom. The van der Waals surface area contributed by atoms with Gasteiger partial charge in [0.05, 0.1) is 5.69 Å². The number of benzene rings is 1. The van der Waals surface area contributed by atoms with Gasteiger partial charge in [0.25, 0.3) is 5.91 Å². The molecule has 1 saturated heterocycles. The maximum Gasteiger partial charge on any atom is 0.266 e. The van der Waals surface area contributed by atoms with Crippen LogP contribution >= 0.6 is 34.7 Å². The Hall–Kier alpha value is -0.910. The Bertz CT molecular complexity index is 686. The number of nitrogen functional groups attached to an aromatic ring is 1. The molecule has 0 bridgehead atoms. The number of hydrogen-bond acceptors (Lipinski definition) is 4. The molecule has 0 saturated carbocycles. The Morgan fingerprint density at radius 2 is 2.33 bits per heavy atom. The molecule has 3 rings (SSSR count). The van der Waals surface area contributed by atoms with Gasteiger partial charge in [0.15, 0.2) is 0 Å². The van der Waals surface area contributed by atoms with Gasteiger partial charge in [0, 0.05) is 39.2 Å². The number of carbonyl (C=O) groups excluding carboxylic acids is 1. The van der Waals surface area contributed by atoms with Crippen LogP contribution in [0.15, 0.2) is 18.2 Å². The van der Waals surface area contributed by atoms with E-state index in [1.165, 1.54) is 11.3 Å². The first-order valence-corrected chi connectivity index (χ1v) is 9.23. The van der Waals surface area contributed by atoms with Crippen molar-refractivity contribution in [1.29, 1.82) is 0 Å². The first kappa shape index (κ1) is 15.0. The van der Waals surface area contributed by atoms with Crippen LogP contribution in [0.25, 0.3) is 10.1 Å². The number of amides is 1. The summed E-state index contributed by atoms with van der Waals surface area (Å²) in [4.78, 5) is 15.3. The molecule has 112 valence electrons. The van der Waals surface area contributed by atoms with Gasteiger partial charge in [-0.1, -0.05) is 18.5 Å². The fourth-order valence-corrected chi connectivity index (χ4v) is 4.97. The van der Waals surface area contributed by atoms with Crippen LogP contribution in [0.5, 0.6) is 0 Å². The minimum absolute atomic E-state index is 0.0589. The van der Waals surface area contributed by atoms with Gasteiger partial charge in [-0.15, -0.1) is 11.3 Å². The number of anilines is 1. The number of thiophene rings is 1. The van der Waals surface area contributed by atoms with E-state index in [2.05, 4.69) is 6.92 Å². The molecule has 1 fully saturated rings. The van der Waals surface area contributed by atoms with Gasteiger partial charge in [0.2, 0.25) is 0 Å². The highest BCUT2D eigenvalue weighted by Gasteiger charge is 2.27. The third-order valence-electron chi connectivity index (χ3n) is 3.76. The lowest BCUT2D eigenvalue weighted by molar-refractivity contribution is 0.0767. The van der Waals surface area contributed by atoms with Crippen molar-refractivity contribution in [2.45, 2.75) is 18.6 Å². The van der Waals surface area contributed by atoms with Crippen LogP contribution in [0.1, 0.15) is 23.0 Å². The molecule has 0 aliphatic carbocycles. The van der Waals surface area contributed by atoms with E-state index in [9.17, 15) is 4.79 Å². The molecule has 1 atom stereocenters. The van der Waals surface area contributed by atoms with Gasteiger partial charge in [-0.05, 0) is 24.6 Å². The number of nitrogens with two attached hydrogens (primary N) is 1. The quantitative estimate of drug-likeness (QED) is 0.895. The topological polar surface area (TPSA) is 46.3 Å². The Balaban J connectivity index is 1.92. The standard InChI is InChI=1S/C15H17ClN2OS2/c1-2-10-8-18(5-6-20-10)15(19)14-13(17)11-7-9(16)3-4-12(11)21-14/h3-4,7,10H,2,5-6,8,17H2,1H3. The van der Waals surface area contributed by atoms with E-state index >= 15 is 0 Å². The predicted octanol–water partition coefficient (Wildman–Crippen LogP) is 4.10. The van der Waals surface area contributed by atoms with E-state index in [4.69, 9.17) is 17.3 Å². The molecule has 3 nitrogen and oxygen atoms in total. The van der Waals surface area contributed by atoms with Crippen LogP contribution in [-0.4, -0.2) is 34.9 Å². The van der Waals surface area contributed by atoms with E-state index < -0.39 is 0 Å². The van der Waals surface area contributed by atoms with E-state index in [1.54, 1.807) is 0 Å². The first-order chi connectivity index (χ1) is 10.1. The number of thioether (sulfide) groups is 1. The lowest BCUT2D eigenvalue weighted by Crippen LogP contribution is -2.41. The molecule has 2 heterocycles. The molecule has 2 N–H and O–H groups in total. The van der Waals surface area contributed by atoms with Crippen LogP contribution < -0.4 is 5.73 Å². The van der Waals surface area contributed by atoms with Gasteiger partial charge in [-0.2, -0.15) is 11.8 Å². The van der Waals surface area contributed by atoms with Crippen molar-refractivity contribution >= 4 is 56.4 Å². The van der Waals surface area contributed by atoms with Crippen LogP contribution in [0, 0.1) is 0 Å². The molecule has 1 unspecified atom stereocenters. The summed E-state index contributed by atoms with van der Waals surface area (Å²) in [6, 6.07) is 5.59. The maximum absolute atomic E-state index is 12.8. The normalized spacial score (nSPS) is 19.1. The number of halogens is 1. The molecular formula is C15H17ClN2OS2. The van der Waals surface area contributed by atoms with Gasteiger partial charge in [-0.25, -0.2) is 0 Å². The fourth-order valence-electron chi connectivity index (χ4n) is 2.54. The summed E-state index contributed by atoms with van der Waals surface area (Å²) >= 11 is 9.43. The van der Waals surface area contributed by atoms with Gasteiger partial charge >= 0.3 is 0 Å². The largest absolute Gasteiger partial charge is 0.397 e. The summed E-state index contributed by atoms with van der Waals surface area (Å²) < 4.78 is 1.01. The van der Waals surface area contributed by atoms with Crippen molar-refractivity contribution in [2.24, 2.45) is 0 Å². The van der Waals surface area contributed by atoms with Crippen molar-refractivity contribution in [1.82, 2.24) is 4.90 Å². The third kappa shape index (κ3) is 2.87. The average molecular weight is 341 g/mol. The van der Waals surface area contributed by atoms with E-state index in [-0.39, 0.29) is 5.91 Å². The second-order valence-corrected chi connectivity index (χ2v) is 8.03. The lowest BCUT2D eigenvalue weighted by atomic mass is 10.2. The summed E-state index contributed by atoms with van der Waals surface area (Å²) in [5.74, 6) is 1.06. The zero-order valence-corrected chi connectivity index (χ0v) is 14.2. The summed E-state index contributed by atoms with van der Waals surface area (Å²) in [5.41, 5.74) is 6.75. The molecule has 1 amide bonds. The molecule has 0 spiro atoms. The van der Waals surface area contributed by atoms with Gasteiger partial charge < -0.3 is 10.6 Å². The smallest absolute Gasteiger partial charge is 0.266 e. The zero-order chi connectivity index (χ0) is 15.0. The molecule has 0 radical (unpaired) electrons. The van der Waals surface area contributed by atoms with Crippen molar-refractivity contribution in [3.8, 4) is 0 Å². The minimum atomic E-state index is 0.0589. The van der Waals surface area contributed by atoms with Crippen LogP contribution in [0.3, 0.4) is 0 Å². The minimum Gasteiger partial charge on any atom is -0.397 e. The second kappa shape index (κ2) is 6.07. The zero-order valence-electron chi connectivity index (χ0n) is 11.8. The second-order valence-electron chi connectivity index (χ2n) is 5.14. The Kier molecular flexibility index (Phi) is 4.33. The van der Waals surface area contributed by atoms with Crippen molar-refractivity contribution in [3.63, 3.8) is 0 Å². The molecule has 6 heteroatoms. The monoisotopic (exact) mass is 340 g/mol. The molecule has 1 aromatic heterocycles. The fraction of sp³-hybridized carbons (Fsp3) is 0.400. The maximum atomic E-state index is 12.8. The number of rotatable bonds is 2. The molecule has 1 aliphatic heterocycles.